The molecule has 6 heteroatoms. The zero-order valence-electron chi connectivity index (χ0n) is 11.1. The summed E-state index contributed by atoms with van der Waals surface area (Å²) >= 11 is 6.99. The Bertz CT molecular complexity index is 847. The quantitative estimate of drug-likeness (QED) is 0.749. The number of fused-ring (bicyclic) bond motifs is 2. The van der Waals surface area contributed by atoms with Gasteiger partial charge in [0.1, 0.15) is 4.32 Å². The first-order chi connectivity index (χ1) is 10.0. The van der Waals surface area contributed by atoms with E-state index in [2.05, 4.69) is 24.3 Å². The van der Waals surface area contributed by atoms with Gasteiger partial charge in [-0.2, -0.15) is 0 Å². The summed E-state index contributed by atoms with van der Waals surface area (Å²) in [5.41, 5.74) is 0.996. The lowest BCUT2D eigenvalue weighted by Crippen LogP contribution is -2.36. The number of nitrogens with zero attached hydrogens (tertiary/aromatic N) is 1. The van der Waals surface area contributed by atoms with Crippen molar-refractivity contribution in [3.8, 4) is 0 Å². The van der Waals surface area contributed by atoms with E-state index in [9.17, 15) is 8.42 Å². The Morgan fingerprint density at radius 1 is 1.10 bits per heavy atom. The maximum absolute atomic E-state index is 11.9. The van der Waals surface area contributed by atoms with Crippen molar-refractivity contribution < 1.29 is 8.42 Å². The molecule has 3 nitrogen and oxygen atoms in total. The maximum atomic E-state index is 11.9. The van der Waals surface area contributed by atoms with Crippen LogP contribution in [0.4, 0.5) is 5.69 Å². The number of benzene rings is 2. The summed E-state index contributed by atoms with van der Waals surface area (Å²) < 4.78 is 24.5. The van der Waals surface area contributed by atoms with Crippen LogP contribution >= 0.6 is 24.0 Å². The number of hydrogen-bond donors (Lipinski definition) is 0. The van der Waals surface area contributed by atoms with Crippen LogP contribution in [-0.4, -0.2) is 35.5 Å². The van der Waals surface area contributed by atoms with Crippen LogP contribution in [0, 0.1) is 0 Å². The third kappa shape index (κ3) is 2.25. The van der Waals surface area contributed by atoms with E-state index in [0.29, 0.717) is 0 Å². The molecular formula is C15H13NO2S3. The highest BCUT2D eigenvalue weighted by Gasteiger charge is 2.48. The van der Waals surface area contributed by atoms with Crippen LogP contribution in [-0.2, 0) is 9.84 Å². The van der Waals surface area contributed by atoms with Gasteiger partial charge in [0.15, 0.2) is 9.84 Å². The fourth-order valence-corrected chi connectivity index (χ4v) is 7.47. The molecule has 0 N–H and O–H groups in total. The molecule has 2 aliphatic rings. The molecule has 0 aromatic heterocycles. The van der Waals surface area contributed by atoms with Crippen LogP contribution in [0.1, 0.15) is 0 Å². The van der Waals surface area contributed by atoms with E-state index in [4.69, 9.17) is 12.2 Å². The summed E-state index contributed by atoms with van der Waals surface area (Å²) in [4.78, 5) is 2.03. The molecule has 0 saturated carbocycles. The minimum absolute atomic E-state index is 0.0198. The van der Waals surface area contributed by atoms with Crippen LogP contribution in [0.25, 0.3) is 10.8 Å². The smallest absolute Gasteiger partial charge is 0.153 e. The SMILES string of the molecule is O=S1(=O)C[C@@H]2[C@@H](C1)SC(=S)N2c1ccc2ccccc2c1. The number of thioether (sulfide) groups is 1. The Morgan fingerprint density at radius 3 is 2.67 bits per heavy atom. The lowest BCUT2D eigenvalue weighted by molar-refractivity contribution is 0.601. The number of rotatable bonds is 1. The summed E-state index contributed by atoms with van der Waals surface area (Å²) in [5.74, 6) is 0.449. The van der Waals surface area contributed by atoms with Gasteiger partial charge in [0.05, 0.1) is 17.5 Å². The Morgan fingerprint density at radius 2 is 1.86 bits per heavy atom. The second-order valence-corrected chi connectivity index (χ2v) is 9.49. The molecule has 0 unspecified atom stereocenters. The second kappa shape index (κ2) is 4.69. The first-order valence-corrected chi connectivity index (χ1v) is 9.83. The van der Waals surface area contributed by atoms with Crippen molar-refractivity contribution in [1.29, 1.82) is 0 Å². The lowest BCUT2D eigenvalue weighted by Gasteiger charge is -2.24. The van der Waals surface area contributed by atoms with Crippen molar-refractivity contribution in [2.45, 2.75) is 11.3 Å². The molecule has 0 radical (unpaired) electrons. The number of sulfone groups is 1. The summed E-state index contributed by atoms with van der Waals surface area (Å²) in [6.45, 7) is 0. The Labute approximate surface area is 133 Å². The van der Waals surface area contributed by atoms with Crippen molar-refractivity contribution in [3.63, 3.8) is 0 Å². The standard InChI is InChI=1S/C15H13NO2S3/c17-21(18)8-13-14(9-21)20-15(19)16(13)12-6-5-10-3-1-2-4-11(10)7-12/h1-7,13-14H,8-9H2/t13-,14-/m1/s1. The van der Waals surface area contributed by atoms with Crippen LogP contribution in [0.3, 0.4) is 0 Å². The van der Waals surface area contributed by atoms with Gasteiger partial charge in [-0.1, -0.05) is 54.3 Å². The summed E-state index contributed by atoms with van der Waals surface area (Å²) in [7, 11) is -2.93. The molecule has 0 aliphatic carbocycles. The highest BCUT2D eigenvalue weighted by Crippen LogP contribution is 2.41. The molecule has 2 aromatic carbocycles. The van der Waals surface area contributed by atoms with E-state index in [-0.39, 0.29) is 22.8 Å². The van der Waals surface area contributed by atoms with E-state index in [1.54, 1.807) is 0 Å². The van der Waals surface area contributed by atoms with Gasteiger partial charge in [-0.25, -0.2) is 8.42 Å². The van der Waals surface area contributed by atoms with Crippen LogP contribution in [0.2, 0.25) is 0 Å². The van der Waals surface area contributed by atoms with E-state index < -0.39 is 9.84 Å². The fraction of sp³-hybridized carbons (Fsp3) is 0.267. The average Bonchev–Trinajstić information content (AvgIpc) is 2.88. The van der Waals surface area contributed by atoms with Gasteiger partial charge in [0, 0.05) is 10.9 Å². The molecular weight excluding hydrogens is 322 g/mol. The van der Waals surface area contributed by atoms with Crippen molar-refractivity contribution in [2.24, 2.45) is 0 Å². The predicted octanol–water partition coefficient (Wildman–Crippen LogP) is 2.84. The summed E-state index contributed by atoms with van der Waals surface area (Å²) in [6, 6.07) is 14.3. The van der Waals surface area contributed by atoms with E-state index >= 15 is 0 Å². The Balaban J connectivity index is 1.78. The first kappa shape index (κ1) is 13.5. The molecule has 2 saturated heterocycles. The predicted molar refractivity (Wildman–Crippen MR) is 92.8 cm³/mol. The van der Waals surface area contributed by atoms with Gasteiger partial charge in [0.2, 0.25) is 0 Å². The third-order valence-corrected chi connectivity index (χ3v) is 7.66. The highest BCUT2D eigenvalue weighted by atomic mass is 32.2. The molecule has 2 fully saturated rings. The molecule has 4 rings (SSSR count). The minimum Gasteiger partial charge on any atom is -0.322 e. The van der Waals surface area contributed by atoms with E-state index in [1.165, 1.54) is 17.1 Å². The zero-order chi connectivity index (χ0) is 14.6. The maximum Gasteiger partial charge on any atom is 0.153 e. The van der Waals surface area contributed by atoms with E-state index in [0.717, 1.165) is 15.4 Å². The molecule has 2 heterocycles. The van der Waals surface area contributed by atoms with Gasteiger partial charge < -0.3 is 4.90 Å². The lowest BCUT2D eigenvalue weighted by atomic mass is 10.1. The van der Waals surface area contributed by atoms with Crippen molar-refractivity contribution in [2.75, 3.05) is 16.4 Å². The molecule has 2 aromatic rings. The van der Waals surface area contributed by atoms with Crippen molar-refractivity contribution >= 4 is 54.6 Å². The normalized spacial score (nSPS) is 27.2. The molecule has 108 valence electrons. The van der Waals surface area contributed by atoms with Gasteiger partial charge in [-0.3, -0.25) is 0 Å². The second-order valence-electron chi connectivity index (χ2n) is 5.47. The molecule has 21 heavy (non-hydrogen) atoms. The molecule has 0 bridgehead atoms. The number of thiocarbonyl (C=S) groups is 1. The molecule has 2 aliphatic heterocycles. The van der Waals surface area contributed by atoms with Crippen molar-refractivity contribution in [1.82, 2.24) is 0 Å². The van der Waals surface area contributed by atoms with Gasteiger partial charge in [-0.05, 0) is 22.9 Å². The summed E-state index contributed by atoms with van der Waals surface area (Å²) in [5, 5.41) is 2.40. The topological polar surface area (TPSA) is 37.4 Å². The number of hydrogen-bond acceptors (Lipinski definition) is 4. The largest absolute Gasteiger partial charge is 0.322 e. The first-order valence-electron chi connectivity index (χ1n) is 6.73. The molecule has 0 spiro atoms. The third-order valence-electron chi connectivity index (χ3n) is 4.06. The van der Waals surface area contributed by atoms with Gasteiger partial charge >= 0.3 is 0 Å². The van der Waals surface area contributed by atoms with Crippen molar-refractivity contribution in [3.05, 3.63) is 42.5 Å². The van der Waals surface area contributed by atoms with Crippen LogP contribution < -0.4 is 4.90 Å². The van der Waals surface area contributed by atoms with E-state index in [1.807, 2.05) is 23.1 Å². The molecule has 0 amide bonds. The Hall–Kier alpha value is -1.11. The average molecular weight is 335 g/mol. The number of anilines is 1. The van der Waals surface area contributed by atoms with Crippen LogP contribution in [0.5, 0.6) is 0 Å². The fourth-order valence-electron chi connectivity index (χ4n) is 3.10. The zero-order valence-corrected chi connectivity index (χ0v) is 13.5. The highest BCUT2D eigenvalue weighted by molar-refractivity contribution is 8.24. The Kier molecular flexibility index (Phi) is 3.03. The molecule has 2 atom stereocenters. The van der Waals surface area contributed by atoms with Gasteiger partial charge in [-0.15, -0.1) is 0 Å². The monoisotopic (exact) mass is 335 g/mol. The van der Waals surface area contributed by atoms with Gasteiger partial charge in [0.25, 0.3) is 0 Å². The minimum atomic E-state index is -2.93. The summed E-state index contributed by atoms with van der Waals surface area (Å²) in [6.07, 6.45) is 0. The van der Waals surface area contributed by atoms with Crippen LogP contribution in [0.15, 0.2) is 42.5 Å².